The van der Waals surface area contributed by atoms with E-state index >= 15 is 0 Å². The second-order valence-corrected chi connectivity index (χ2v) is 4.06. The van der Waals surface area contributed by atoms with Gasteiger partial charge in [0.25, 0.3) is 0 Å². The van der Waals surface area contributed by atoms with Crippen LogP contribution in [0.15, 0.2) is 11.8 Å². The van der Waals surface area contributed by atoms with Crippen LogP contribution < -0.4 is 0 Å². The van der Waals surface area contributed by atoms with Crippen molar-refractivity contribution >= 4 is 14.6 Å². The molecule has 0 fully saturated rings. The van der Waals surface area contributed by atoms with Gasteiger partial charge >= 0.3 is 20.7 Å². The molecule has 0 N–H and O–H groups in total. The maximum Gasteiger partial charge on any atom is 0.449 e. The molecule has 0 radical (unpaired) electrons. The molecule has 0 unspecified atom stereocenters. The Bertz CT molecular complexity index is 300. The molecule has 0 saturated heterocycles. The number of carbonyl (C=O) groups is 1. The topological polar surface area (TPSA) is 54.0 Å². The Morgan fingerprint density at radius 1 is 1.11 bits per heavy atom. The van der Waals surface area contributed by atoms with Crippen LogP contribution in [0.1, 0.15) is 20.8 Å². The average molecular weight is 304 g/mol. The van der Waals surface area contributed by atoms with Crippen LogP contribution in [-0.4, -0.2) is 32.0 Å². The molecule has 0 aliphatic rings. The fourth-order valence-electron chi connectivity index (χ4n) is 0.832. The summed E-state index contributed by atoms with van der Waals surface area (Å²) in [6.45, 7) is 4.85. The van der Waals surface area contributed by atoms with Crippen molar-refractivity contribution in [3.05, 3.63) is 11.8 Å². The van der Waals surface area contributed by atoms with Crippen molar-refractivity contribution in [1.29, 1.82) is 0 Å². The number of alkyl halides is 3. The molecule has 0 aliphatic carbocycles. The Labute approximate surface area is 110 Å². The van der Waals surface area contributed by atoms with Gasteiger partial charge in [-0.2, -0.15) is 13.2 Å². The normalized spacial score (nSPS) is 12.7. The fraction of sp³-hybridized carbons (Fsp3) is 0.700. The lowest BCUT2D eigenvalue weighted by Crippen LogP contribution is -2.16. The van der Waals surface area contributed by atoms with Gasteiger partial charge in [-0.3, -0.25) is 0 Å². The van der Waals surface area contributed by atoms with Gasteiger partial charge in [0.05, 0.1) is 25.9 Å². The predicted molar refractivity (Wildman–Crippen MR) is 62.0 cm³/mol. The zero-order valence-electron chi connectivity index (χ0n) is 10.8. The van der Waals surface area contributed by atoms with Crippen LogP contribution >= 0.6 is 8.60 Å². The van der Waals surface area contributed by atoms with Crippen LogP contribution in [0.3, 0.4) is 0 Å². The summed E-state index contributed by atoms with van der Waals surface area (Å²) < 4.78 is 56.7. The van der Waals surface area contributed by atoms with Crippen LogP contribution in [0.25, 0.3) is 0 Å². The van der Waals surface area contributed by atoms with Crippen molar-refractivity contribution in [1.82, 2.24) is 0 Å². The van der Waals surface area contributed by atoms with E-state index in [2.05, 4.69) is 9.26 Å². The standard InChI is InChI=1S/C10H16F3O5P/c1-4-15-9(14)7-8(10(11,12)13)18-19(16-5-2)17-6-3/h7H,4-6H2,1-3H3/b8-7+. The molecule has 0 atom stereocenters. The molecule has 0 bridgehead atoms. The molecular weight excluding hydrogens is 288 g/mol. The van der Waals surface area contributed by atoms with Gasteiger partial charge in [0, 0.05) is 0 Å². The minimum absolute atomic E-state index is 0.0356. The van der Waals surface area contributed by atoms with Gasteiger partial charge in [0.1, 0.15) is 0 Å². The minimum Gasteiger partial charge on any atom is -0.463 e. The van der Waals surface area contributed by atoms with Gasteiger partial charge < -0.3 is 18.3 Å². The van der Waals surface area contributed by atoms with Crippen LogP contribution in [0, 0.1) is 0 Å². The van der Waals surface area contributed by atoms with Crippen LogP contribution in [0.5, 0.6) is 0 Å². The van der Waals surface area contributed by atoms with Crippen molar-refractivity contribution in [2.45, 2.75) is 26.9 Å². The van der Waals surface area contributed by atoms with Gasteiger partial charge in [-0.15, -0.1) is 0 Å². The highest BCUT2D eigenvalue weighted by Crippen LogP contribution is 2.45. The molecule has 0 aromatic heterocycles. The number of rotatable bonds is 8. The summed E-state index contributed by atoms with van der Waals surface area (Å²) >= 11 is 0. The van der Waals surface area contributed by atoms with Crippen molar-refractivity contribution < 1.29 is 36.3 Å². The van der Waals surface area contributed by atoms with Gasteiger partial charge in [0.15, 0.2) is 0 Å². The van der Waals surface area contributed by atoms with E-state index in [1.807, 2.05) is 0 Å². The first-order valence-electron chi connectivity index (χ1n) is 5.54. The molecule has 112 valence electrons. The van der Waals surface area contributed by atoms with Crippen molar-refractivity contribution in [3.8, 4) is 0 Å². The van der Waals surface area contributed by atoms with Gasteiger partial charge in [-0.1, -0.05) is 0 Å². The summed E-state index contributed by atoms with van der Waals surface area (Å²) in [5, 5.41) is 0. The lowest BCUT2D eigenvalue weighted by atomic mass is 10.4. The Hall–Kier alpha value is -0.850. The highest BCUT2D eigenvalue weighted by atomic mass is 31.2. The van der Waals surface area contributed by atoms with E-state index in [9.17, 15) is 18.0 Å². The maximum atomic E-state index is 12.7. The number of carbonyl (C=O) groups excluding carboxylic acids is 1. The van der Waals surface area contributed by atoms with Crippen LogP contribution in [0.2, 0.25) is 0 Å². The quantitative estimate of drug-likeness (QED) is 0.298. The predicted octanol–water partition coefficient (Wildman–Crippen LogP) is 3.31. The number of hydrogen-bond acceptors (Lipinski definition) is 5. The first-order chi connectivity index (χ1) is 8.85. The van der Waals surface area contributed by atoms with Gasteiger partial charge in [-0.05, 0) is 20.8 Å². The van der Waals surface area contributed by atoms with Gasteiger partial charge in [-0.25, -0.2) is 4.79 Å². The molecule has 0 aromatic rings. The molecular formula is C10H16F3O5P. The van der Waals surface area contributed by atoms with E-state index in [-0.39, 0.29) is 25.9 Å². The minimum atomic E-state index is -4.83. The lowest BCUT2D eigenvalue weighted by molar-refractivity contribution is -0.140. The van der Waals surface area contributed by atoms with E-state index in [1.54, 1.807) is 13.8 Å². The molecule has 9 heteroatoms. The SMILES string of the molecule is CCOC(=O)/C=C(/OP(OCC)OCC)C(F)(F)F. The van der Waals surface area contributed by atoms with E-state index in [0.29, 0.717) is 0 Å². The zero-order valence-corrected chi connectivity index (χ0v) is 11.7. The molecule has 0 spiro atoms. The van der Waals surface area contributed by atoms with Crippen molar-refractivity contribution in [2.75, 3.05) is 19.8 Å². The van der Waals surface area contributed by atoms with Crippen LogP contribution in [-0.2, 0) is 23.1 Å². The maximum absolute atomic E-state index is 12.7. The highest BCUT2D eigenvalue weighted by Gasteiger charge is 2.39. The zero-order chi connectivity index (χ0) is 14.9. The number of ether oxygens (including phenoxy) is 1. The summed E-state index contributed by atoms with van der Waals surface area (Å²) in [5.74, 6) is -2.64. The van der Waals surface area contributed by atoms with Crippen molar-refractivity contribution in [2.24, 2.45) is 0 Å². The Balaban J connectivity index is 4.89. The third kappa shape index (κ3) is 8.02. The smallest absolute Gasteiger partial charge is 0.449 e. The number of hydrogen-bond donors (Lipinski definition) is 0. The van der Waals surface area contributed by atoms with E-state index in [0.717, 1.165) is 0 Å². The first kappa shape index (κ1) is 18.1. The largest absolute Gasteiger partial charge is 0.463 e. The van der Waals surface area contributed by atoms with Gasteiger partial charge in [0.2, 0.25) is 5.76 Å². The molecule has 0 rings (SSSR count). The molecule has 0 amide bonds. The second-order valence-electron chi connectivity index (χ2n) is 2.91. The number of allylic oxidation sites excluding steroid dienone is 1. The number of esters is 1. The Morgan fingerprint density at radius 2 is 1.63 bits per heavy atom. The average Bonchev–Trinajstić information content (AvgIpc) is 2.27. The molecule has 0 heterocycles. The first-order valence-corrected chi connectivity index (χ1v) is 6.64. The lowest BCUT2D eigenvalue weighted by Gasteiger charge is -2.18. The monoisotopic (exact) mass is 304 g/mol. The third-order valence-corrected chi connectivity index (χ3v) is 2.74. The Kier molecular flexibility index (Phi) is 8.71. The summed E-state index contributed by atoms with van der Waals surface area (Å²) in [6.07, 6.45) is -4.60. The Morgan fingerprint density at radius 3 is 2.00 bits per heavy atom. The fourth-order valence-corrected chi connectivity index (χ4v) is 1.75. The highest BCUT2D eigenvalue weighted by molar-refractivity contribution is 7.41. The van der Waals surface area contributed by atoms with Crippen LogP contribution in [0.4, 0.5) is 13.2 Å². The van der Waals surface area contributed by atoms with E-state index in [1.165, 1.54) is 6.92 Å². The van der Waals surface area contributed by atoms with E-state index < -0.39 is 26.5 Å². The second kappa shape index (κ2) is 9.12. The summed E-state index contributed by atoms with van der Waals surface area (Å²) in [7, 11) is -2.20. The molecule has 0 aliphatic heterocycles. The number of halogens is 3. The van der Waals surface area contributed by atoms with E-state index in [4.69, 9.17) is 9.05 Å². The molecule has 5 nitrogen and oxygen atoms in total. The molecule has 0 aromatic carbocycles. The van der Waals surface area contributed by atoms with Crippen molar-refractivity contribution in [3.63, 3.8) is 0 Å². The summed E-state index contributed by atoms with van der Waals surface area (Å²) in [6, 6.07) is 0. The summed E-state index contributed by atoms with van der Waals surface area (Å²) in [4.78, 5) is 11.0. The third-order valence-electron chi connectivity index (χ3n) is 1.46. The molecule has 0 saturated carbocycles. The molecule has 19 heavy (non-hydrogen) atoms. The summed E-state index contributed by atoms with van der Waals surface area (Å²) in [5.41, 5.74) is 0.